The summed E-state index contributed by atoms with van der Waals surface area (Å²) in [6.07, 6.45) is -2.23. The highest BCUT2D eigenvalue weighted by molar-refractivity contribution is 5.97. The van der Waals surface area contributed by atoms with Crippen LogP contribution in [0.1, 0.15) is 33.9 Å². The van der Waals surface area contributed by atoms with Crippen molar-refractivity contribution in [3.05, 3.63) is 47.0 Å². The van der Waals surface area contributed by atoms with Gasteiger partial charge in [0.25, 0.3) is 12.3 Å². The number of aromatic amines is 1. The van der Waals surface area contributed by atoms with Crippen LogP contribution in [0.25, 0.3) is 11.0 Å². The van der Waals surface area contributed by atoms with E-state index in [4.69, 9.17) is 9.15 Å². The van der Waals surface area contributed by atoms with Crippen molar-refractivity contribution < 1.29 is 22.7 Å². The molecule has 2 aromatic heterocycles. The summed E-state index contributed by atoms with van der Waals surface area (Å²) in [5.41, 5.74) is 1.25. The molecular weight excluding hydrogens is 332 g/mol. The molecule has 4 rings (SSSR count). The Kier molecular flexibility index (Phi) is 3.67. The first-order valence-electron chi connectivity index (χ1n) is 7.78. The normalized spacial score (nSPS) is 14.2. The summed E-state index contributed by atoms with van der Waals surface area (Å²) in [5, 5.41) is 7.05. The van der Waals surface area contributed by atoms with E-state index in [0.717, 1.165) is 5.39 Å². The van der Waals surface area contributed by atoms with E-state index in [9.17, 15) is 13.6 Å². The number of alkyl halides is 2. The Hall–Kier alpha value is -2.90. The minimum absolute atomic E-state index is 0.0819. The van der Waals surface area contributed by atoms with E-state index >= 15 is 0 Å². The topological polar surface area (TPSA) is 71.4 Å². The fourth-order valence-corrected chi connectivity index (χ4v) is 3.13. The first-order valence-corrected chi connectivity index (χ1v) is 7.78. The predicted molar refractivity (Wildman–Crippen MR) is 84.8 cm³/mol. The first kappa shape index (κ1) is 15.6. The number of hydrogen-bond acceptors (Lipinski definition) is 4. The Labute approximate surface area is 141 Å². The number of carbonyl (C=O) groups is 1. The molecule has 8 heteroatoms. The fraction of sp³-hybridized carbons (Fsp3) is 0.294. The molecule has 3 heterocycles. The number of benzene rings is 1. The highest BCUT2D eigenvalue weighted by Gasteiger charge is 2.30. The molecule has 1 aromatic carbocycles. The molecule has 0 atom stereocenters. The minimum Gasteiger partial charge on any atom is -0.493 e. The van der Waals surface area contributed by atoms with E-state index in [1.54, 1.807) is 18.2 Å². The summed E-state index contributed by atoms with van der Waals surface area (Å²) < 4.78 is 37.0. The van der Waals surface area contributed by atoms with Crippen LogP contribution in [-0.4, -0.2) is 34.7 Å². The molecule has 1 N–H and O–H groups in total. The Morgan fingerprint density at radius 3 is 3.04 bits per heavy atom. The molecule has 0 fully saturated rings. The molecule has 25 heavy (non-hydrogen) atoms. The first-order chi connectivity index (χ1) is 12.1. The quantitative estimate of drug-likeness (QED) is 0.789. The van der Waals surface area contributed by atoms with Gasteiger partial charge in [-0.25, -0.2) is 8.78 Å². The number of para-hydroxylation sites is 1. The van der Waals surface area contributed by atoms with E-state index in [2.05, 4.69) is 10.2 Å². The second kappa shape index (κ2) is 5.87. The molecule has 130 valence electrons. The van der Waals surface area contributed by atoms with Crippen LogP contribution in [0.5, 0.6) is 5.75 Å². The van der Waals surface area contributed by atoms with Gasteiger partial charge in [-0.2, -0.15) is 5.10 Å². The summed E-state index contributed by atoms with van der Waals surface area (Å²) in [4.78, 5) is 14.2. The Morgan fingerprint density at radius 1 is 1.44 bits per heavy atom. The summed E-state index contributed by atoms with van der Waals surface area (Å²) in [7, 11) is 1.52. The van der Waals surface area contributed by atoms with Crippen LogP contribution < -0.4 is 4.74 Å². The van der Waals surface area contributed by atoms with Crippen molar-refractivity contribution in [1.82, 2.24) is 15.1 Å². The number of furan rings is 1. The lowest BCUT2D eigenvalue weighted by atomic mass is 10.1. The number of carbonyl (C=O) groups excluding carboxylic acids is 1. The molecule has 0 saturated carbocycles. The highest BCUT2D eigenvalue weighted by atomic mass is 19.3. The van der Waals surface area contributed by atoms with Crippen molar-refractivity contribution in [2.75, 3.05) is 13.7 Å². The monoisotopic (exact) mass is 347 g/mol. The molecule has 1 aliphatic rings. The number of methoxy groups -OCH3 is 1. The van der Waals surface area contributed by atoms with Gasteiger partial charge in [0.15, 0.2) is 17.1 Å². The third-order valence-electron chi connectivity index (χ3n) is 4.40. The van der Waals surface area contributed by atoms with Crippen molar-refractivity contribution in [1.29, 1.82) is 0 Å². The molecule has 0 spiro atoms. The molecule has 1 amide bonds. The van der Waals surface area contributed by atoms with Gasteiger partial charge in [0.1, 0.15) is 5.69 Å². The maximum atomic E-state index is 13.0. The molecule has 0 saturated heterocycles. The second-order valence-electron chi connectivity index (χ2n) is 5.83. The largest absolute Gasteiger partial charge is 0.493 e. The van der Waals surface area contributed by atoms with Crippen LogP contribution in [0.3, 0.4) is 0 Å². The van der Waals surface area contributed by atoms with Crippen LogP contribution in [0, 0.1) is 0 Å². The molecule has 0 aliphatic carbocycles. The summed E-state index contributed by atoms with van der Waals surface area (Å²) in [5.74, 6) is 0.350. The molecular formula is C17H15F2N3O3. The van der Waals surface area contributed by atoms with E-state index in [1.807, 2.05) is 6.07 Å². The number of fused-ring (bicyclic) bond motifs is 2. The Bertz CT molecular complexity index is 948. The van der Waals surface area contributed by atoms with E-state index in [0.29, 0.717) is 35.6 Å². The average molecular weight is 347 g/mol. The number of rotatable bonds is 3. The number of nitrogens with zero attached hydrogens (tertiary/aromatic N) is 2. The minimum atomic E-state index is -2.68. The number of ether oxygens (including phenoxy) is 1. The smallest absolute Gasteiger partial charge is 0.289 e. The van der Waals surface area contributed by atoms with Gasteiger partial charge >= 0.3 is 0 Å². The van der Waals surface area contributed by atoms with E-state index in [-0.39, 0.29) is 23.9 Å². The maximum Gasteiger partial charge on any atom is 0.289 e. The third kappa shape index (κ3) is 2.54. The number of H-pyrrole nitrogens is 1. The SMILES string of the molecule is COc1cccc2cc(C(=O)N3CCc4[nH]nc(C(F)F)c4C3)oc12. The van der Waals surface area contributed by atoms with Gasteiger partial charge in [-0.3, -0.25) is 9.89 Å². The van der Waals surface area contributed by atoms with Crippen molar-refractivity contribution >= 4 is 16.9 Å². The highest BCUT2D eigenvalue weighted by Crippen LogP contribution is 2.31. The number of amides is 1. The van der Waals surface area contributed by atoms with Gasteiger partial charge in [-0.1, -0.05) is 12.1 Å². The Balaban J connectivity index is 1.64. The van der Waals surface area contributed by atoms with Gasteiger partial charge < -0.3 is 14.1 Å². The van der Waals surface area contributed by atoms with Gasteiger partial charge in [0.05, 0.1) is 7.11 Å². The number of halogens is 2. The maximum absolute atomic E-state index is 13.0. The van der Waals surface area contributed by atoms with Gasteiger partial charge in [0, 0.05) is 36.2 Å². The lowest BCUT2D eigenvalue weighted by Gasteiger charge is -2.26. The number of nitrogens with one attached hydrogen (secondary N) is 1. The summed E-state index contributed by atoms with van der Waals surface area (Å²) >= 11 is 0. The number of aromatic nitrogens is 2. The predicted octanol–water partition coefficient (Wildman–Crippen LogP) is 3.30. The number of hydrogen-bond donors (Lipinski definition) is 1. The summed E-state index contributed by atoms with van der Waals surface area (Å²) in [6, 6.07) is 7.00. The molecule has 3 aromatic rings. The standard InChI is InChI=1S/C17H15F2N3O3/c1-24-12-4-2-3-9-7-13(25-15(9)12)17(23)22-6-5-11-10(8-22)14(16(18)19)21-20-11/h2-4,7,16H,5-6,8H2,1H3,(H,20,21). The zero-order valence-electron chi connectivity index (χ0n) is 13.4. The third-order valence-corrected chi connectivity index (χ3v) is 4.40. The zero-order chi connectivity index (χ0) is 17.6. The van der Waals surface area contributed by atoms with E-state index in [1.165, 1.54) is 12.0 Å². The molecule has 0 unspecified atom stereocenters. The summed E-state index contributed by atoms with van der Waals surface area (Å²) in [6.45, 7) is 0.489. The van der Waals surface area contributed by atoms with Crippen LogP contribution >= 0.6 is 0 Å². The Morgan fingerprint density at radius 2 is 2.28 bits per heavy atom. The van der Waals surface area contributed by atoms with Crippen molar-refractivity contribution in [3.8, 4) is 5.75 Å². The van der Waals surface area contributed by atoms with Crippen molar-refractivity contribution in [2.24, 2.45) is 0 Å². The average Bonchev–Trinajstić information content (AvgIpc) is 3.24. The van der Waals surface area contributed by atoms with Crippen molar-refractivity contribution in [3.63, 3.8) is 0 Å². The van der Waals surface area contributed by atoms with Gasteiger partial charge in [-0.05, 0) is 12.1 Å². The second-order valence-corrected chi connectivity index (χ2v) is 5.83. The lowest BCUT2D eigenvalue weighted by Crippen LogP contribution is -2.35. The van der Waals surface area contributed by atoms with Crippen LogP contribution in [0.2, 0.25) is 0 Å². The van der Waals surface area contributed by atoms with Gasteiger partial charge in [-0.15, -0.1) is 0 Å². The lowest BCUT2D eigenvalue weighted by molar-refractivity contribution is 0.0699. The molecule has 1 aliphatic heterocycles. The fourth-order valence-electron chi connectivity index (χ4n) is 3.13. The van der Waals surface area contributed by atoms with Crippen LogP contribution in [-0.2, 0) is 13.0 Å². The van der Waals surface area contributed by atoms with E-state index < -0.39 is 6.43 Å². The molecule has 6 nitrogen and oxygen atoms in total. The van der Waals surface area contributed by atoms with Crippen molar-refractivity contribution in [2.45, 2.75) is 19.4 Å². The zero-order valence-corrected chi connectivity index (χ0v) is 13.4. The van der Waals surface area contributed by atoms with Gasteiger partial charge in [0.2, 0.25) is 0 Å². The van der Waals surface area contributed by atoms with Crippen LogP contribution in [0.4, 0.5) is 8.78 Å². The van der Waals surface area contributed by atoms with Crippen LogP contribution in [0.15, 0.2) is 28.7 Å². The molecule has 0 bridgehead atoms. The molecule has 0 radical (unpaired) electrons.